The van der Waals surface area contributed by atoms with Crippen LogP contribution in [0.5, 0.6) is 0 Å². The predicted molar refractivity (Wildman–Crippen MR) is 74.9 cm³/mol. The topological polar surface area (TPSA) is 57.6 Å². The van der Waals surface area contributed by atoms with Gasteiger partial charge in [-0.1, -0.05) is 26.2 Å². The molecule has 0 bridgehead atoms. The van der Waals surface area contributed by atoms with Crippen molar-refractivity contribution in [1.29, 1.82) is 0 Å². The minimum Gasteiger partial charge on any atom is -0.480 e. The Hall–Kier alpha value is -1.06. The van der Waals surface area contributed by atoms with Crippen LogP contribution in [0.1, 0.15) is 58.8 Å². The average Bonchev–Trinajstić information content (AvgIpc) is 2.42. The van der Waals surface area contributed by atoms with Crippen LogP contribution in [0.15, 0.2) is 0 Å². The normalized spacial score (nSPS) is 23.1. The summed E-state index contributed by atoms with van der Waals surface area (Å²) >= 11 is 0. The lowest BCUT2D eigenvalue weighted by molar-refractivity contribution is -0.146. The van der Waals surface area contributed by atoms with Gasteiger partial charge < -0.3 is 10.0 Å². The standard InChI is InChI=1S/C15H27NO3/c1-3-5-6-12-7-9-13(10-8-12)15(19)16(4-2)11-14(17)18/h12-13H,3-11H2,1-2H3,(H,17,18). The summed E-state index contributed by atoms with van der Waals surface area (Å²) in [7, 11) is 0. The van der Waals surface area contributed by atoms with E-state index in [0.717, 1.165) is 31.6 Å². The molecule has 0 aliphatic heterocycles. The Balaban J connectivity index is 2.40. The fraction of sp³-hybridized carbons (Fsp3) is 0.867. The summed E-state index contributed by atoms with van der Waals surface area (Å²) in [4.78, 5) is 24.5. The van der Waals surface area contributed by atoms with E-state index in [-0.39, 0.29) is 18.4 Å². The van der Waals surface area contributed by atoms with Crippen LogP contribution >= 0.6 is 0 Å². The Kier molecular flexibility index (Phi) is 6.89. The van der Waals surface area contributed by atoms with Gasteiger partial charge >= 0.3 is 5.97 Å². The van der Waals surface area contributed by atoms with Gasteiger partial charge in [-0.2, -0.15) is 0 Å². The Bertz CT molecular complexity index is 296. The third-order valence-electron chi connectivity index (χ3n) is 4.18. The lowest BCUT2D eigenvalue weighted by Gasteiger charge is -2.31. The van der Waals surface area contributed by atoms with E-state index in [1.165, 1.54) is 24.2 Å². The highest BCUT2D eigenvalue weighted by Crippen LogP contribution is 2.32. The number of carboxylic acid groups (broad SMARTS) is 1. The van der Waals surface area contributed by atoms with Crippen molar-refractivity contribution in [2.75, 3.05) is 13.1 Å². The first kappa shape index (κ1) is 16.0. The van der Waals surface area contributed by atoms with E-state index in [4.69, 9.17) is 5.11 Å². The monoisotopic (exact) mass is 269 g/mol. The molecular formula is C15H27NO3. The number of nitrogens with zero attached hydrogens (tertiary/aromatic N) is 1. The summed E-state index contributed by atoms with van der Waals surface area (Å²) in [5.41, 5.74) is 0. The highest BCUT2D eigenvalue weighted by molar-refractivity contribution is 5.83. The van der Waals surface area contributed by atoms with Crippen molar-refractivity contribution in [1.82, 2.24) is 4.90 Å². The van der Waals surface area contributed by atoms with Gasteiger partial charge in [0.2, 0.25) is 5.91 Å². The molecule has 1 rings (SSSR count). The number of carbonyl (C=O) groups is 2. The van der Waals surface area contributed by atoms with Gasteiger partial charge in [-0.05, 0) is 38.5 Å². The fourth-order valence-corrected chi connectivity index (χ4v) is 2.96. The molecule has 110 valence electrons. The van der Waals surface area contributed by atoms with Gasteiger partial charge in [-0.3, -0.25) is 9.59 Å². The summed E-state index contributed by atoms with van der Waals surface area (Å²) < 4.78 is 0. The number of amides is 1. The minimum absolute atomic E-state index is 0.0406. The molecule has 1 N–H and O–H groups in total. The van der Waals surface area contributed by atoms with Crippen LogP contribution in [0.2, 0.25) is 0 Å². The summed E-state index contributed by atoms with van der Waals surface area (Å²) in [6.07, 6.45) is 7.92. The lowest BCUT2D eigenvalue weighted by atomic mass is 9.79. The molecule has 0 unspecified atom stereocenters. The largest absolute Gasteiger partial charge is 0.480 e. The third-order valence-corrected chi connectivity index (χ3v) is 4.18. The average molecular weight is 269 g/mol. The van der Waals surface area contributed by atoms with Crippen LogP contribution in [-0.4, -0.2) is 35.0 Å². The van der Waals surface area contributed by atoms with Crippen molar-refractivity contribution in [3.05, 3.63) is 0 Å². The summed E-state index contributed by atoms with van der Waals surface area (Å²) in [6, 6.07) is 0. The number of likely N-dealkylation sites (N-methyl/N-ethyl adjacent to an activating group) is 1. The third kappa shape index (κ3) is 5.21. The molecule has 4 nitrogen and oxygen atoms in total. The SMILES string of the molecule is CCCCC1CCC(C(=O)N(CC)CC(=O)O)CC1. The van der Waals surface area contributed by atoms with Gasteiger partial charge in [0.1, 0.15) is 6.54 Å². The van der Waals surface area contributed by atoms with Crippen LogP contribution in [0.25, 0.3) is 0 Å². The van der Waals surface area contributed by atoms with E-state index < -0.39 is 5.97 Å². The Labute approximate surface area is 116 Å². The highest BCUT2D eigenvalue weighted by atomic mass is 16.4. The van der Waals surface area contributed by atoms with Crippen molar-refractivity contribution in [2.24, 2.45) is 11.8 Å². The van der Waals surface area contributed by atoms with Crippen LogP contribution in [0.4, 0.5) is 0 Å². The van der Waals surface area contributed by atoms with Crippen LogP contribution < -0.4 is 0 Å². The van der Waals surface area contributed by atoms with E-state index in [1.54, 1.807) is 0 Å². The first-order valence-corrected chi connectivity index (χ1v) is 7.59. The molecule has 1 amide bonds. The van der Waals surface area contributed by atoms with Gasteiger partial charge in [-0.25, -0.2) is 0 Å². The lowest BCUT2D eigenvalue weighted by Crippen LogP contribution is -2.40. The molecular weight excluding hydrogens is 242 g/mol. The van der Waals surface area contributed by atoms with Gasteiger partial charge in [0.05, 0.1) is 0 Å². The molecule has 1 aliphatic carbocycles. The molecule has 4 heteroatoms. The van der Waals surface area contributed by atoms with Crippen LogP contribution in [-0.2, 0) is 9.59 Å². The second-order valence-electron chi connectivity index (χ2n) is 5.61. The van der Waals surface area contributed by atoms with E-state index >= 15 is 0 Å². The molecule has 0 radical (unpaired) electrons. The molecule has 19 heavy (non-hydrogen) atoms. The quantitative estimate of drug-likeness (QED) is 0.773. The van der Waals surface area contributed by atoms with E-state index in [1.807, 2.05) is 6.92 Å². The second-order valence-corrected chi connectivity index (χ2v) is 5.61. The van der Waals surface area contributed by atoms with Gasteiger partial charge in [0, 0.05) is 12.5 Å². The van der Waals surface area contributed by atoms with Crippen molar-refractivity contribution >= 4 is 11.9 Å². The Morgan fingerprint density at radius 1 is 1.16 bits per heavy atom. The number of unbranched alkanes of at least 4 members (excludes halogenated alkanes) is 1. The first-order chi connectivity index (χ1) is 9.08. The van der Waals surface area contributed by atoms with E-state index in [0.29, 0.717) is 6.54 Å². The molecule has 0 aromatic carbocycles. The van der Waals surface area contributed by atoms with Crippen molar-refractivity contribution in [2.45, 2.75) is 58.8 Å². The zero-order valence-corrected chi connectivity index (χ0v) is 12.2. The number of carbonyl (C=O) groups excluding carboxylic acids is 1. The van der Waals surface area contributed by atoms with E-state index in [9.17, 15) is 9.59 Å². The maximum atomic E-state index is 12.2. The Morgan fingerprint density at radius 3 is 2.26 bits per heavy atom. The molecule has 0 spiro atoms. The molecule has 0 saturated heterocycles. The van der Waals surface area contributed by atoms with Crippen LogP contribution in [0, 0.1) is 11.8 Å². The zero-order valence-electron chi connectivity index (χ0n) is 12.2. The van der Waals surface area contributed by atoms with Crippen molar-refractivity contribution in [3.8, 4) is 0 Å². The number of aliphatic carboxylic acids is 1. The number of hydrogen-bond acceptors (Lipinski definition) is 2. The summed E-state index contributed by atoms with van der Waals surface area (Å²) in [5.74, 6) is -0.0543. The maximum absolute atomic E-state index is 12.2. The summed E-state index contributed by atoms with van der Waals surface area (Å²) in [5, 5.41) is 8.81. The molecule has 0 aromatic heterocycles. The maximum Gasteiger partial charge on any atom is 0.323 e. The molecule has 1 aliphatic rings. The molecule has 0 aromatic rings. The van der Waals surface area contributed by atoms with Crippen LogP contribution in [0.3, 0.4) is 0 Å². The number of rotatable bonds is 7. The van der Waals surface area contributed by atoms with Crippen molar-refractivity contribution in [3.63, 3.8) is 0 Å². The zero-order chi connectivity index (χ0) is 14.3. The molecule has 1 fully saturated rings. The molecule has 0 heterocycles. The smallest absolute Gasteiger partial charge is 0.323 e. The first-order valence-electron chi connectivity index (χ1n) is 7.59. The van der Waals surface area contributed by atoms with Crippen molar-refractivity contribution < 1.29 is 14.7 Å². The number of hydrogen-bond donors (Lipinski definition) is 1. The molecule has 0 atom stereocenters. The summed E-state index contributed by atoms with van der Waals surface area (Å²) in [6.45, 7) is 4.37. The molecule has 1 saturated carbocycles. The van der Waals surface area contributed by atoms with E-state index in [2.05, 4.69) is 6.92 Å². The second kappa shape index (κ2) is 8.18. The predicted octanol–water partition coefficient (Wildman–Crippen LogP) is 2.92. The minimum atomic E-state index is -0.924. The van der Waals surface area contributed by atoms with Gasteiger partial charge in [-0.15, -0.1) is 0 Å². The fourth-order valence-electron chi connectivity index (χ4n) is 2.96. The highest BCUT2D eigenvalue weighted by Gasteiger charge is 2.29. The van der Waals surface area contributed by atoms with Gasteiger partial charge in [0.25, 0.3) is 0 Å². The van der Waals surface area contributed by atoms with Gasteiger partial charge in [0.15, 0.2) is 0 Å². The Morgan fingerprint density at radius 2 is 1.79 bits per heavy atom. The number of carboxylic acids is 1.